The summed E-state index contributed by atoms with van der Waals surface area (Å²) in [7, 11) is 0. The van der Waals surface area contributed by atoms with Crippen LogP contribution < -0.4 is 0 Å². The van der Waals surface area contributed by atoms with E-state index < -0.39 is 0 Å². The van der Waals surface area contributed by atoms with Gasteiger partial charge in [0.15, 0.2) is 0 Å². The highest BCUT2D eigenvalue weighted by Gasteiger charge is 2.13. The molecule has 3 rings (SSSR count). The number of hydrogen-bond acceptors (Lipinski definition) is 1. The molecule has 0 spiro atoms. The SMILES string of the molecule is Oc1ccccc1CCCCCCCCCCCC(c1ccccc1)c1ccccc1. The number of aromatic hydroxyl groups is 1. The third-order valence-electron chi connectivity index (χ3n) is 6.33. The molecule has 0 aliphatic carbocycles. The Bertz CT molecular complexity index is 801. The summed E-state index contributed by atoms with van der Waals surface area (Å²) < 4.78 is 0. The number of phenolic OH excluding ortho intramolecular Hbond substituents is 1. The van der Waals surface area contributed by atoms with Crippen LogP contribution in [0.2, 0.25) is 0 Å². The second-order valence-corrected chi connectivity index (χ2v) is 8.72. The Labute approximate surface area is 189 Å². The summed E-state index contributed by atoms with van der Waals surface area (Å²) in [6.45, 7) is 0. The van der Waals surface area contributed by atoms with Gasteiger partial charge in [0.2, 0.25) is 0 Å². The molecule has 1 heteroatoms. The number of unbranched alkanes of at least 4 members (excludes halogenated alkanes) is 8. The first-order valence-electron chi connectivity index (χ1n) is 12.2. The monoisotopic (exact) mass is 414 g/mol. The number of benzene rings is 3. The van der Waals surface area contributed by atoms with Crippen molar-refractivity contribution in [3.8, 4) is 5.75 Å². The van der Waals surface area contributed by atoms with E-state index in [0.29, 0.717) is 11.7 Å². The van der Waals surface area contributed by atoms with Crippen LogP contribution in [0.4, 0.5) is 0 Å². The highest BCUT2D eigenvalue weighted by atomic mass is 16.3. The van der Waals surface area contributed by atoms with Gasteiger partial charge in [-0.2, -0.15) is 0 Å². The van der Waals surface area contributed by atoms with Crippen LogP contribution in [-0.2, 0) is 6.42 Å². The minimum atomic E-state index is 0.448. The first-order valence-corrected chi connectivity index (χ1v) is 12.2. The zero-order chi connectivity index (χ0) is 21.6. The van der Waals surface area contributed by atoms with Crippen molar-refractivity contribution < 1.29 is 5.11 Å². The van der Waals surface area contributed by atoms with Gasteiger partial charge in [0.25, 0.3) is 0 Å². The molecule has 0 aromatic heterocycles. The minimum absolute atomic E-state index is 0.448. The van der Waals surface area contributed by atoms with E-state index in [1.165, 1.54) is 75.3 Å². The van der Waals surface area contributed by atoms with Crippen molar-refractivity contribution in [2.24, 2.45) is 0 Å². The highest BCUT2D eigenvalue weighted by Crippen LogP contribution is 2.30. The summed E-state index contributed by atoms with van der Waals surface area (Å²) in [6, 6.07) is 29.7. The molecular weight excluding hydrogens is 376 g/mol. The molecule has 0 fully saturated rings. The van der Waals surface area contributed by atoms with Crippen LogP contribution in [0.3, 0.4) is 0 Å². The zero-order valence-electron chi connectivity index (χ0n) is 18.9. The first kappa shape index (κ1) is 23.1. The second kappa shape index (κ2) is 13.7. The van der Waals surface area contributed by atoms with Crippen LogP contribution in [0.5, 0.6) is 5.75 Å². The van der Waals surface area contributed by atoms with Crippen LogP contribution >= 0.6 is 0 Å². The maximum atomic E-state index is 9.82. The predicted octanol–water partition coefficient (Wildman–Crippen LogP) is 8.67. The highest BCUT2D eigenvalue weighted by molar-refractivity contribution is 5.32. The largest absolute Gasteiger partial charge is 0.508 e. The Morgan fingerprint density at radius 3 is 1.48 bits per heavy atom. The number of rotatable bonds is 14. The van der Waals surface area contributed by atoms with Crippen molar-refractivity contribution >= 4 is 0 Å². The van der Waals surface area contributed by atoms with Gasteiger partial charge in [-0.05, 0) is 42.0 Å². The lowest BCUT2D eigenvalue weighted by atomic mass is 9.87. The molecule has 3 aromatic carbocycles. The molecule has 0 heterocycles. The van der Waals surface area contributed by atoms with Crippen LogP contribution in [0.1, 0.15) is 86.8 Å². The molecule has 31 heavy (non-hydrogen) atoms. The van der Waals surface area contributed by atoms with E-state index in [1.54, 1.807) is 6.07 Å². The molecule has 0 atom stereocenters. The Morgan fingerprint density at radius 2 is 0.935 bits per heavy atom. The molecule has 0 aliphatic rings. The standard InChI is InChI=1S/C30H38O/c31-30-25-17-16-23-28(30)22-10-6-4-2-1-3-5-7-15-24-29(26-18-11-8-12-19-26)27-20-13-9-14-21-27/h8-9,11-14,16-21,23,25,29,31H,1-7,10,15,22,24H2. The van der Waals surface area contributed by atoms with Gasteiger partial charge in [0.1, 0.15) is 5.75 Å². The summed E-state index contributed by atoms with van der Waals surface area (Å²) >= 11 is 0. The van der Waals surface area contributed by atoms with Crippen LogP contribution in [0.25, 0.3) is 0 Å². The van der Waals surface area contributed by atoms with E-state index in [1.807, 2.05) is 18.2 Å². The molecule has 0 saturated heterocycles. The number of aryl methyl sites for hydroxylation is 1. The Balaban J connectivity index is 1.25. The van der Waals surface area contributed by atoms with Gasteiger partial charge in [-0.1, -0.05) is 130 Å². The number of para-hydroxylation sites is 1. The summed E-state index contributed by atoms with van der Waals surface area (Å²) in [5, 5.41) is 9.82. The van der Waals surface area contributed by atoms with Crippen molar-refractivity contribution in [1.29, 1.82) is 0 Å². The Kier molecular flexibility index (Phi) is 10.2. The van der Waals surface area contributed by atoms with Gasteiger partial charge < -0.3 is 5.11 Å². The molecular formula is C30H38O. The van der Waals surface area contributed by atoms with Crippen molar-refractivity contribution in [3.63, 3.8) is 0 Å². The molecule has 3 aromatic rings. The molecule has 0 saturated carbocycles. The maximum Gasteiger partial charge on any atom is 0.118 e. The predicted molar refractivity (Wildman–Crippen MR) is 133 cm³/mol. The summed E-state index contributed by atoms with van der Waals surface area (Å²) in [5.74, 6) is 0.968. The van der Waals surface area contributed by atoms with Crippen LogP contribution in [0.15, 0.2) is 84.9 Å². The van der Waals surface area contributed by atoms with Gasteiger partial charge in [-0.3, -0.25) is 0 Å². The molecule has 0 bridgehead atoms. The third-order valence-corrected chi connectivity index (χ3v) is 6.33. The van der Waals surface area contributed by atoms with Crippen molar-refractivity contribution in [3.05, 3.63) is 102 Å². The lowest BCUT2D eigenvalue weighted by molar-refractivity contribution is 0.466. The summed E-state index contributed by atoms with van der Waals surface area (Å²) in [6.07, 6.45) is 14.1. The molecule has 0 radical (unpaired) electrons. The Hall–Kier alpha value is -2.54. The fourth-order valence-electron chi connectivity index (χ4n) is 4.52. The van der Waals surface area contributed by atoms with Crippen LogP contribution in [0, 0.1) is 0 Å². The van der Waals surface area contributed by atoms with Gasteiger partial charge >= 0.3 is 0 Å². The summed E-state index contributed by atoms with van der Waals surface area (Å²) in [4.78, 5) is 0. The fraction of sp³-hybridized carbons (Fsp3) is 0.400. The lowest BCUT2D eigenvalue weighted by Gasteiger charge is -2.18. The molecule has 164 valence electrons. The number of phenols is 1. The Morgan fingerprint density at radius 1 is 0.484 bits per heavy atom. The van der Waals surface area contributed by atoms with Gasteiger partial charge in [-0.15, -0.1) is 0 Å². The zero-order valence-corrected chi connectivity index (χ0v) is 18.9. The van der Waals surface area contributed by atoms with E-state index in [0.717, 1.165) is 12.0 Å². The fourth-order valence-corrected chi connectivity index (χ4v) is 4.52. The molecule has 0 amide bonds. The topological polar surface area (TPSA) is 20.2 Å². The second-order valence-electron chi connectivity index (χ2n) is 8.72. The van der Waals surface area contributed by atoms with E-state index in [4.69, 9.17) is 0 Å². The average molecular weight is 415 g/mol. The molecule has 1 nitrogen and oxygen atoms in total. The summed E-state index contributed by atoms with van der Waals surface area (Å²) in [5.41, 5.74) is 3.97. The van der Waals surface area contributed by atoms with Gasteiger partial charge in [-0.25, -0.2) is 0 Å². The number of hydrogen-bond donors (Lipinski definition) is 1. The quantitative estimate of drug-likeness (QED) is 0.262. The normalized spacial score (nSPS) is 11.1. The van der Waals surface area contributed by atoms with Crippen molar-refractivity contribution in [1.82, 2.24) is 0 Å². The van der Waals surface area contributed by atoms with Gasteiger partial charge in [0.05, 0.1) is 0 Å². The molecule has 1 N–H and O–H groups in total. The van der Waals surface area contributed by atoms with Crippen molar-refractivity contribution in [2.45, 2.75) is 76.5 Å². The van der Waals surface area contributed by atoms with Crippen molar-refractivity contribution in [2.75, 3.05) is 0 Å². The van der Waals surface area contributed by atoms with Crippen LogP contribution in [-0.4, -0.2) is 5.11 Å². The average Bonchev–Trinajstić information content (AvgIpc) is 2.82. The smallest absolute Gasteiger partial charge is 0.118 e. The maximum absolute atomic E-state index is 9.82. The molecule has 0 aliphatic heterocycles. The van der Waals surface area contributed by atoms with E-state index >= 15 is 0 Å². The van der Waals surface area contributed by atoms with E-state index in [2.05, 4.69) is 60.7 Å². The third kappa shape index (κ3) is 8.25. The van der Waals surface area contributed by atoms with E-state index in [9.17, 15) is 5.11 Å². The van der Waals surface area contributed by atoms with Gasteiger partial charge in [0, 0.05) is 5.92 Å². The van der Waals surface area contributed by atoms with E-state index in [-0.39, 0.29) is 0 Å². The molecule has 0 unspecified atom stereocenters. The lowest BCUT2D eigenvalue weighted by Crippen LogP contribution is -2.01. The minimum Gasteiger partial charge on any atom is -0.508 e. The first-order chi connectivity index (χ1) is 15.3.